The van der Waals surface area contributed by atoms with Crippen LogP contribution in [-0.4, -0.2) is 4.57 Å². The van der Waals surface area contributed by atoms with Crippen LogP contribution >= 0.6 is 0 Å². The lowest BCUT2D eigenvalue weighted by molar-refractivity contribution is 0.669. The lowest BCUT2D eigenvalue weighted by Crippen LogP contribution is -2.10. The summed E-state index contributed by atoms with van der Waals surface area (Å²) in [7, 11) is 0. The van der Waals surface area contributed by atoms with Gasteiger partial charge in [-0.15, -0.1) is 0 Å². The molecule has 61 heavy (non-hydrogen) atoms. The van der Waals surface area contributed by atoms with E-state index in [1.807, 2.05) is 0 Å². The molecular formula is C58H38N2O. The fourth-order valence-corrected chi connectivity index (χ4v) is 9.34. The van der Waals surface area contributed by atoms with Crippen LogP contribution in [0.5, 0.6) is 0 Å². The molecule has 286 valence electrons. The lowest BCUT2D eigenvalue weighted by Gasteiger charge is -2.26. The topological polar surface area (TPSA) is 21.3 Å². The van der Waals surface area contributed by atoms with E-state index in [0.717, 1.165) is 66.7 Å². The molecule has 3 heteroatoms. The molecule has 2 heterocycles. The van der Waals surface area contributed by atoms with Crippen molar-refractivity contribution in [3.63, 3.8) is 0 Å². The molecule has 0 N–H and O–H groups in total. The van der Waals surface area contributed by atoms with E-state index in [0.29, 0.717) is 0 Å². The molecule has 10 aromatic carbocycles. The van der Waals surface area contributed by atoms with Crippen LogP contribution in [0.25, 0.3) is 93.6 Å². The average molecular weight is 779 g/mol. The number of aromatic nitrogens is 1. The number of rotatable bonds is 7. The number of hydrogen-bond acceptors (Lipinski definition) is 2. The van der Waals surface area contributed by atoms with Gasteiger partial charge in [-0.2, -0.15) is 0 Å². The minimum Gasteiger partial charge on any atom is -0.456 e. The molecule has 12 aromatic rings. The standard InChI is InChI=1S/C58H38N2O/c1-4-15-39(16-5-1)42-29-31-47(32-30-42)59(48-24-14-21-44(36-48)40-17-6-2-7-18-40)49-33-34-52-51(37-49)57-53(60(52)46-22-8-3-9-23-46)38-55-58(50-25-12-13-26-54(50)61-55)56(57)45-28-27-41-19-10-11-20-43(41)35-45/h1-38H. The molecule has 0 aliphatic heterocycles. The largest absolute Gasteiger partial charge is 0.456 e. The second-order valence-corrected chi connectivity index (χ2v) is 15.7. The van der Waals surface area contributed by atoms with Gasteiger partial charge in [0, 0.05) is 55.9 Å². The molecule has 12 rings (SSSR count). The highest BCUT2D eigenvalue weighted by molar-refractivity contribution is 6.27. The van der Waals surface area contributed by atoms with Crippen LogP contribution in [0, 0.1) is 0 Å². The minimum atomic E-state index is 0.870. The number of benzene rings is 10. The summed E-state index contributed by atoms with van der Waals surface area (Å²) in [5.74, 6) is 0. The first-order chi connectivity index (χ1) is 30.2. The van der Waals surface area contributed by atoms with Gasteiger partial charge in [-0.25, -0.2) is 0 Å². The van der Waals surface area contributed by atoms with Gasteiger partial charge in [0.1, 0.15) is 11.2 Å². The molecule has 0 saturated carbocycles. The van der Waals surface area contributed by atoms with E-state index in [1.165, 1.54) is 44.0 Å². The van der Waals surface area contributed by atoms with Crippen LogP contribution in [0.1, 0.15) is 0 Å². The van der Waals surface area contributed by atoms with Crippen LogP contribution in [0.4, 0.5) is 17.1 Å². The molecule has 0 aliphatic carbocycles. The Morgan fingerprint density at radius 1 is 0.328 bits per heavy atom. The zero-order chi connectivity index (χ0) is 40.3. The molecule has 0 radical (unpaired) electrons. The smallest absolute Gasteiger partial charge is 0.138 e. The number of anilines is 3. The first-order valence-electron chi connectivity index (χ1n) is 20.8. The summed E-state index contributed by atoms with van der Waals surface area (Å²) in [4.78, 5) is 2.40. The van der Waals surface area contributed by atoms with Crippen LogP contribution in [0.15, 0.2) is 235 Å². The van der Waals surface area contributed by atoms with Gasteiger partial charge in [-0.1, -0.05) is 158 Å². The maximum Gasteiger partial charge on any atom is 0.138 e. The van der Waals surface area contributed by atoms with Crippen molar-refractivity contribution in [3.05, 3.63) is 231 Å². The van der Waals surface area contributed by atoms with Gasteiger partial charge >= 0.3 is 0 Å². The summed E-state index contributed by atoms with van der Waals surface area (Å²) in [5, 5.41) is 7.00. The molecule has 0 spiro atoms. The summed E-state index contributed by atoms with van der Waals surface area (Å²) >= 11 is 0. The van der Waals surface area contributed by atoms with Gasteiger partial charge in [-0.3, -0.25) is 0 Å². The Labute approximate surface area is 353 Å². The van der Waals surface area contributed by atoms with Gasteiger partial charge in [0.05, 0.1) is 11.0 Å². The van der Waals surface area contributed by atoms with Crippen molar-refractivity contribution in [1.29, 1.82) is 0 Å². The highest BCUT2D eigenvalue weighted by Gasteiger charge is 2.24. The monoisotopic (exact) mass is 778 g/mol. The van der Waals surface area contributed by atoms with Crippen molar-refractivity contribution in [2.24, 2.45) is 0 Å². The third kappa shape index (κ3) is 5.90. The van der Waals surface area contributed by atoms with E-state index < -0.39 is 0 Å². The summed E-state index contributed by atoms with van der Waals surface area (Å²) in [6.45, 7) is 0. The number of furan rings is 1. The van der Waals surface area contributed by atoms with Crippen molar-refractivity contribution >= 4 is 71.6 Å². The van der Waals surface area contributed by atoms with Crippen molar-refractivity contribution in [3.8, 4) is 39.1 Å². The predicted octanol–water partition coefficient (Wildman–Crippen LogP) is 16.3. The zero-order valence-corrected chi connectivity index (χ0v) is 33.2. The molecule has 0 saturated heterocycles. The summed E-state index contributed by atoms with van der Waals surface area (Å²) < 4.78 is 9.15. The van der Waals surface area contributed by atoms with Crippen LogP contribution < -0.4 is 4.90 Å². The fraction of sp³-hybridized carbons (Fsp3) is 0. The van der Waals surface area contributed by atoms with Crippen molar-refractivity contribution in [2.75, 3.05) is 4.90 Å². The normalized spacial score (nSPS) is 11.6. The van der Waals surface area contributed by atoms with Gasteiger partial charge < -0.3 is 13.9 Å². The molecule has 2 aromatic heterocycles. The molecule has 0 fully saturated rings. The fourth-order valence-electron chi connectivity index (χ4n) is 9.34. The lowest BCUT2D eigenvalue weighted by atomic mass is 9.92. The van der Waals surface area contributed by atoms with E-state index in [2.05, 4.69) is 240 Å². The molecule has 0 atom stereocenters. The zero-order valence-electron chi connectivity index (χ0n) is 33.2. The quantitative estimate of drug-likeness (QED) is 0.161. The van der Waals surface area contributed by atoms with Gasteiger partial charge in [0.25, 0.3) is 0 Å². The third-order valence-electron chi connectivity index (χ3n) is 12.1. The summed E-state index contributed by atoms with van der Waals surface area (Å²) in [5.41, 5.74) is 15.3. The average Bonchev–Trinajstić information content (AvgIpc) is 3.87. The molecule has 0 bridgehead atoms. The second kappa shape index (κ2) is 14.3. The second-order valence-electron chi connectivity index (χ2n) is 15.7. The van der Waals surface area contributed by atoms with Crippen LogP contribution in [-0.2, 0) is 0 Å². The first kappa shape index (κ1) is 34.9. The highest BCUT2D eigenvalue weighted by atomic mass is 16.3. The number of para-hydroxylation sites is 2. The number of hydrogen-bond donors (Lipinski definition) is 0. The maximum absolute atomic E-state index is 6.74. The van der Waals surface area contributed by atoms with Crippen LogP contribution in [0.3, 0.4) is 0 Å². The molecule has 0 unspecified atom stereocenters. The highest BCUT2D eigenvalue weighted by Crippen LogP contribution is 2.48. The Balaban J connectivity index is 1.17. The minimum absolute atomic E-state index is 0.870. The Morgan fingerprint density at radius 3 is 1.72 bits per heavy atom. The van der Waals surface area contributed by atoms with E-state index in [-0.39, 0.29) is 0 Å². The summed E-state index contributed by atoms with van der Waals surface area (Å²) in [6.07, 6.45) is 0. The van der Waals surface area contributed by atoms with Gasteiger partial charge in [-0.05, 0) is 105 Å². The van der Waals surface area contributed by atoms with Gasteiger partial charge in [0.15, 0.2) is 0 Å². The van der Waals surface area contributed by atoms with Crippen LogP contribution in [0.2, 0.25) is 0 Å². The van der Waals surface area contributed by atoms with Crippen molar-refractivity contribution < 1.29 is 4.42 Å². The number of nitrogens with zero attached hydrogens (tertiary/aromatic N) is 2. The first-order valence-corrected chi connectivity index (χ1v) is 20.8. The van der Waals surface area contributed by atoms with E-state index in [4.69, 9.17) is 4.42 Å². The van der Waals surface area contributed by atoms with E-state index >= 15 is 0 Å². The Bertz CT molecular complexity index is 3570. The summed E-state index contributed by atoms with van der Waals surface area (Å²) in [6, 6.07) is 82.9. The Hall–Kier alpha value is -8.14. The van der Waals surface area contributed by atoms with Gasteiger partial charge in [0.2, 0.25) is 0 Å². The SMILES string of the molecule is c1ccc(-c2ccc(N(c3cccc(-c4ccccc4)c3)c3ccc4c(c3)c3c(-c5ccc6ccccc6c5)c5c(cc3n4-c3ccccc3)oc3ccccc35)cc2)cc1. The van der Waals surface area contributed by atoms with E-state index in [9.17, 15) is 0 Å². The Kier molecular flexibility index (Phi) is 8.17. The third-order valence-corrected chi connectivity index (χ3v) is 12.1. The van der Waals surface area contributed by atoms with E-state index in [1.54, 1.807) is 0 Å². The van der Waals surface area contributed by atoms with Crippen molar-refractivity contribution in [1.82, 2.24) is 4.57 Å². The molecule has 0 aliphatic rings. The maximum atomic E-state index is 6.74. The molecule has 3 nitrogen and oxygen atoms in total. The Morgan fingerprint density at radius 2 is 0.934 bits per heavy atom. The predicted molar refractivity (Wildman–Crippen MR) is 257 cm³/mol. The molecular weight excluding hydrogens is 741 g/mol. The molecule has 0 amide bonds. The number of fused-ring (bicyclic) bond motifs is 7. The van der Waals surface area contributed by atoms with Crippen molar-refractivity contribution in [2.45, 2.75) is 0 Å².